The number of methoxy groups -OCH3 is 1. The van der Waals surface area contributed by atoms with E-state index in [1.807, 2.05) is 12.2 Å². The van der Waals surface area contributed by atoms with Crippen LogP contribution in [-0.2, 0) is 14.3 Å². The number of nitrogens with zero attached hydrogens (tertiary/aromatic N) is 1. The monoisotopic (exact) mass is 278 g/mol. The van der Waals surface area contributed by atoms with Crippen LogP contribution in [0.15, 0.2) is 23.3 Å². The summed E-state index contributed by atoms with van der Waals surface area (Å²) < 4.78 is 4.87. The molecule has 2 rings (SSSR count). The average molecular weight is 278 g/mol. The molecule has 5 heteroatoms. The molecule has 20 heavy (non-hydrogen) atoms. The molecule has 0 aromatic heterocycles. The topological polar surface area (TPSA) is 72.6 Å². The Kier molecular flexibility index (Phi) is 4.28. The maximum atomic E-state index is 12.7. The smallest absolute Gasteiger partial charge is 0.331 e. The average Bonchev–Trinajstić information content (AvgIpc) is 3.05. The van der Waals surface area contributed by atoms with Crippen molar-refractivity contribution in [2.45, 2.75) is 38.1 Å². The Morgan fingerprint density at radius 3 is 2.95 bits per heavy atom. The zero-order chi connectivity index (χ0) is 14.8. The molecule has 1 atom stereocenters. The summed E-state index contributed by atoms with van der Waals surface area (Å²) in [5.74, 6) is -0.418. The van der Waals surface area contributed by atoms with Crippen LogP contribution in [0.5, 0.6) is 0 Å². The summed E-state index contributed by atoms with van der Waals surface area (Å²) in [6, 6.07) is 0. The lowest BCUT2D eigenvalue weighted by Gasteiger charge is -2.33. The first-order valence-electron chi connectivity index (χ1n) is 7.04. The van der Waals surface area contributed by atoms with Crippen molar-refractivity contribution in [1.82, 2.24) is 4.90 Å². The molecule has 0 bridgehead atoms. The van der Waals surface area contributed by atoms with E-state index >= 15 is 0 Å². The molecule has 1 fully saturated rings. The molecule has 0 spiro atoms. The molecule has 1 aliphatic heterocycles. The number of rotatable bonds is 3. The van der Waals surface area contributed by atoms with Crippen LogP contribution in [0.3, 0.4) is 0 Å². The first-order valence-corrected chi connectivity index (χ1v) is 7.04. The van der Waals surface area contributed by atoms with Crippen molar-refractivity contribution in [1.29, 1.82) is 0 Å². The number of allylic oxidation sites excluding steroid dienone is 1. The SMILES string of the molecule is COC(=O)C1(C)CCCN1C(=O)C1=CCC/C1=C\CN. The van der Waals surface area contributed by atoms with Gasteiger partial charge in [-0.15, -0.1) is 0 Å². The van der Waals surface area contributed by atoms with Crippen molar-refractivity contribution in [3.05, 3.63) is 23.3 Å². The third-order valence-corrected chi connectivity index (χ3v) is 4.21. The van der Waals surface area contributed by atoms with E-state index < -0.39 is 5.54 Å². The van der Waals surface area contributed by atoms with Gasteiger partial charge in [0.25, 0.3) is 5.91 Å². The third kappa shape index (κ3) is 2.38. The number of ether oxygens (including phenoxy) is 1. The summed E-state index contributed by atoms with van der Waals surface area (Å²) >= 11 is 0. The van der Waals surface area contributed by atoms with Crippen LogP contribution in [0.4, 0.5) is 0 Å². The van der Waals surface area contributed by atoms with Crippen LogP contribution < -0.4 is 5.73 Å². The van der Waals surface area contributed by atoms with Crippen molar-refractivity contribution in [3.8, 4) is 0 Å². The Labute approximate surface area is 119 Å². The highest BCUT2D eigenvalue weighted by Gasteiger charge is 2.47. The maximum Gasteiger partial charge on any atom is 0.331 e. The lowest BCUT2D eigenvalue weighted by molar-refractivity contribution is -0.156. The van der Waals surface area contributed by atoms with Gasteiger partial charge in [0.05, 0.1) is 7.11 Å². The van der Waals surface area contributed by atoms with Crippen molar-refractivity contribution in [2.75, 3.05) is 20.2 Å². The van der Waals surface area contributed by atoms with Crippen LogP contribution in [0, 0.1) is 0 Å². The van der Waals surface area contributed by atoms with Crippen LogP contribution in [0.2, 0.25) is 0 Å². The normalized spacial score (nSPS) is 27.9. The summed E-state index contributed by atoms with van der Waals surface area (Å²) in [6.07, 6.45) is 7.01. The Hall–Kier alpha value is -1.62. The number of amides is 1. The Balaban J connectivity index is 2.25. The second kappa shape index (κ2) is 5.79. The van der Waals surface area contributed by atoms with Crippen molar-refractivity contribution in [2.24, 2.45) is 5.73 Å². The largest absolute Gasteiger partial charge is 0.467 e. The molecule has 1 aliphatic carbocycles. The fraction of sp³-hybridized carbons (Fsp3) is 0.600. The van der Waals surface area contributed by atoms with Crippen LogP contribution in [0.1, 0.15) is 32.6 Å². The number of likely N-dealkylation sites (tertiary alicyclic amines) is 1. The molecule has 5 nitrogen and oxygen atoms in total. The van der Waals surface area contributed by atoms with Gasteiger partial charge in [-0.2, -0.15) is 0 Å². The molecule has 1 heterocycles. The Morgan fingerprint density at radius 2 is 2.30 bits per heavy atom. The molecule has 0 radical (unpaired) electrons. The van der Waals surface area contributed by atoms with Gasteiger partial charge in [0, 0.05) is 18.7 Å². The molecule has 0 aromatic carbocycles. The van der Waals surface area contributed by atoms with E-state index in [-0.39, 0.29) is 11.9 Å². The first kappa shape index (κ1) is 14.8. The molecule has 110 valence electrons. The van der Waals surface area contributed by atoms with Crippen molar-refractivity contribution in [3.63, 3.8) is 0 Å². The molecular weight excluding hydrogens is 256 g/mol. The zero-order valence-electron chi connectivity index (χ0n) is 12.1. The predicted molar refractivity (Wildman–Crippen MR) is 75.8 cm³/mol. The van der Waals surface area contributed by atoms with E-state index in [1.165, 1.54) is 7.11 Å². The van der Waals surface area contributed by atoms with E-state index in [4.69, 9.17) is 10.5 Å². The molecule has 0 aromatic rings. The lowest BCUT2D eigenvalue weighted by atomic mass is 9.97. The van der Waals surface area contributed by atoms with E-state index in [9.17, 15) is 9.59 Å². The van der Waals surface area contributed by atoms with Crippen LogP contribution in [-0.4, -0.2) is 42.5 Å². The summed E-state index contributed by atoms with van der Waals surface area (Å²) in [5, 5.41) is 0. The highest BCUT2D eigenvalue weighted by Crippen LogP contribution is 2.35. The third-order valence-electron chi connectivity index (χ3n) is 4.21. The molecule has 0 saturated carbocycles. The molecule has 1 unspecified atom stereocenters. The molecule has 1 amide bonds. The lowest BCUT2D eigenvalue weighted by Crippen LogP contribution is -2.51. The van der Waals surface area contributed by atoms with E-state index in [0.717, 1.165) is 24.8 Å². The molecule has 2 aliphatic rings. The zero-order valence-corrected chi connectivity index (χ0v) is 12.1. The van der Waals surface area contributed by atoms with E-state index in [1.54, 1.807) is 11.8 Å². The standard InChI is InChI=1S/C15H22N2O3/c1-15(14(19)20-2)8-4-10-17(15)13(18)12-6-3-5-11(12)7-9-16/h6-7H,3-5,8-10,16H2,1-2H3/b11-7+. The number of carbonyl (C=O) groups excluding carboxylic acids is 2. The van der Waals surface area contributed by atoms with Crippen molar-refractivity contribution >= 4 is 11.9 Å². The minimum atomic E-state index is -0.844. The van der Waals surface area contributed by atoms with Gasteiger partial charge in [0.2, 0.25) is 0 Å². The predicted octanol–water partition coefficient (Wildman–Crippen LogP) is 1.15. The summed E-state index contributed by atoms with van der Waals surface area (Å²) in [5.41, 5.74) is 6.40. The quantitative estimate of drug-likeness (QED) is 0.786. The molecular formula is C15H22N2O3. The number of carbonyl (C=O) groups is 2. The van der Waals surface area contributed by atoms with Gasteiger partial charge in [0.15, 0.2) is 0 Å². The van der Waals surface area contributed by atoms with Crippen LogP contribution >= 0.6 is 0 Å². The highest BCUT2D eigenvalue weighted by molar-refractivity contribution is 6.01. The highest BCUT2D eigenvalue weighted by atomic mass is 16.5. The van der Waals surface area contributed by atoms with Crippen molar-refractivity contribution < 1.29 is 14.3 Å². The molecule has 1 saturated heterocycles. The number of esters is 1. The second-order valence-corrected chi connectivity index (χ2v) is 5.45. The Morgan fingerprint density at radius 1 is 1.55 bits per heavy atom. The summed E-state index contributed by atoms with van der Waals surface area (Å²) in [4.78, 5) is 26.4. The number of hydrogen-bond donors (Lipinski definition) is 1. The fourth-order valence-corrected chi connectivity index (χ4v) is 3.08. The summed E-state index contributed by atoms with van der Waals surface area (Å²) in [6.45, 7) is 2.80. The van der Waals surface area contributed by atoms with Gasteiger partial charge < -0.3 is 15.4 Å². The fourth-order valence-electron chi connectivity index (χ4n) is 3.08. The maximum absolute atomic E-state index is 12.7. The van der Waals surface area contributed by atoms with E-state index in [0.29, 0.717) is 25.1 Å². The Bertz CT molecular complexity index is 482. The van der Waals surface area contributed by atoms with Gasteiger partial charge in [-0.05, 0) is 38.2 Å². The summed E-state index contributed by atoms with van der Waals surface area (Å²) in [7, 11) is 1.36. The second-order valence-electron chi connectivity index (χ2n) is 5.45. The van der Waals surface area contributed by atoms with Gasteiger partial charge in [0.1, 0.15) is 5.54 Å². The van der Waals surface area contributed by atoms with Gasteiger partial charge in [-0.25, -0.2) is 4.79 Å². The minimum Gasteiger partial charge on any atom is -0.467 e. The minimum absolute atomic E-state index is 0.0763. The van der Waals surface area contributed by atoms with Gasteiger partial charge >= 0.3 is 5.97 Å². The van der Waals surface area contributed by atoms with E-state index in [2.05, 4.69) is 0 Å². The molecule has 2 N–H and O–H groups in total. The van der Waals surface area contributed by atoms with Crippen LogP contribution in [0.25, 0.3) is 0 Å². The number of hydrogen-bond acceptors (Lipinski definition) is 4. The number of nitrogens with two attached hydrogens (primary N) is 1. The van der Waals surface area contributed by atoms with Gasteiger partial charge in [-0.1, -0.05) is 12.2 Å². The first-order chi connectivity index (χ1) is 9.54. The van der Waals surface area contributed by atoms with Gasteiger partial charge in [-0.3, -0.25) is 4.79 Å².